The molecule has 6 nitrogen and oxygen atoms in total. The molecule has 0 spiro atoms. The highest BCUT2D eigenvalue weighted by Gasteiger charge is 2.53. The first kappa shape index (κ1) is 14.4. The predicted octanol–water partition coefficient (Wildman–Crippen LogP) is 1.09. The van der Waals surface area contributed by atoms with Gasteiger partial charge in [-0.2, -0.15) is 0 Å². The van der Waals surface area contributed by atoms with Crippen LogP contribution in [0.2, 0.25) is 0 Å². The Morgan fingerprint density at radius 2 is 1.50 bits per heavy atom. The lowest BCUT2D eigenvalue weighted by molar-refractivity contribution is -0.140. The fourth-order valence-electron chi connectivity index (χ4n) is 3.13. The molecule has 2 heterocycles. The molecule has 0 aliphatic carbocycles. The highest BCUT2D eigenvalue weighted by molar-refractivity contribution is 6.25. The Bertz CT molecular complexity index is 712. The summed E-state index contributed by atoms with van der Waals surface area (Å²) < 4.78 is 0. The fraction of sp³-hybridized carbons (Fsp3) is 0.375. The first-order valence-corrected chi connectivity index (χ1v) is 7.11. The zero-order chi connectivity index (χ0) is 16.2. The minimum absolute atomic E-state index is 0.105. The standard InChI is InChI=1S/C16H16N2O4/c1-8-4-5-9(2)12-11(8)13(20)18(14(12)21)16(3)7-6-10(19)17-15(16)22/h4-5H,6-7H2,1-3H3,(H,17,19,22). The largest absolute Gasteiger partial charge is 0.294 e. The molecule has 1 saturated heterocycles. The molecule has 0 aromatic heterocycles. The van der Waals surface area contributed by atoms with Crippen LogP contribution in [0.1, 0.15) is 51.6 Å². The average molecular weight is 300 g/mol. The minimum atomic E-state index is -1.33. The average Bonchev–Trinajstić information content (AvgIpc) is 2.72. The Morgan fingerprint density at radius 1 is 1.00 bits per heavy atom. The lowest BCUT2D eigenvalue weighted by Crippen LogP contribution is -2.62. The quantitative estimate of drug-likeness (QED) is 0.787. The summed E-state index contributed by atoms with van der Waals surface area (Å²) in [7, 11) is 0. The van der Waals surface area contributed by atoms with Crippen LogP contribution in [0.4, 0.5) is 0 Å². The highest BCUT2D eigenvalue weighted by atomic mass is 16.2. The van der Waals surface area contributed by atoms with Crippen molar-refractivity contribution in [3.8, 4) is 0 Å². The van der Waals surface area contributed by atoms with E-state index >= 15 is 0 Å². The maximum atomic E-state index is 12.8. The van der Waals surface area contributed by atoms with Gasteiger partial charge in [-0.25, -0.2) is 0 Å². The van der Waals surface area contributed by atoms with Gasteiger partial charge in [0.25, 0.3) is 17.7 Å². The molecule has 1 aromatic carbocycles. The van der Waals surface area contributed by atoms with Crippen molar-refractivity contribution in [2.75, 3.05) is 0 Å². The van der Waals surface area contributed by atoms with Crippen LogP contribution in [0, 0.1) is 13.8 Å². The van der Waals surface area contributed by atoms with Crippen LogP contribution in [0.25, 0.3) is 0 Å². The number of nitrogens with one attached hydrogen (secondary N) is 1. The smallest absolute Gasteiger partial charge is 0.262 e. The molecule has 1 atom stereocenters. The molecule has 3 rings (SSSR count). The van der Waals surface area contributed by atoms with E-state index in [1.807, 2.05) is 0 Å². The molecule has 1 aromatic rings. The number of rotatable bonds is 1. The Labute approximate surface area is 127 Å². The van der Waals surface area contributed by atoms with Crippen molar-refractivity contribution >= 4 is 23.6 Å². The maximum Gasteiger partial charge on any atom is 0.262 e. The molecule has 22 heavy (non-hydrogen) atoms. The topological polar surface area (TPSA) is 83.6 Å². The number of imide groups is 2. The first-order chi connectivity index (χ1) is 10.3. The van der Waals surface area contributed by atoms with Gasteiger partial charge in [0.2, 0.25) is 5.91 Å². The van der Waals surface area contributed by atoms with E-state index in [2.05, 4.69) is 5.32 Å². The van der Waals surface area contributed by atoms with Gasteiger partial charge in [0, 0.05) is 6.42 Å². The van der Waals surface area contributed by atoms with Gasteiger partial charge in [-0.05, 0) is 38.3 Å². The first-order valence-electron chi connectivity index (χ1n) is 7.11. The van der Waals surface area contributed by atoms with Gasteiger partial charge >= 0.3 is 0 Å². The number of carbonyl (C=O) groups excluding carboxylic acids is 4. The van der Waals surface area contributed by atoms with Crippen LogP contribution >= 0.6 is 0 Å². The van der Waals surface area contributed by atoms with Crippen molar-refractivity contribution in [2.24, 2.45) is 0 Å². The number of benzene rings is 1. The number of carbonyl (C=O) groups is 4. The van der Waals surface area contributed by atoms with Gasteiger partial charge in [-0.3, -0.25) is 29.4 Å². The van der Waals surface area contributed by atoms with Crippen molar-refractivity contribution < 1.29 is 19.2 Å². The van der Waals surface area contributed by atoms with Crippen molar-refractivity contribution in [1.82, 2.24) is 10.2 Å². The van der Waals surface area contributed by atoms with E-state index in [9.17, 15) is 19.2 Å². The molecule has 0 saturated carbocycles. The molecule has 2 aliphatic heterocycles. The SMILES string of the molecule is Cc1ccc(C)c2c1C(=O)N(C1(C)CCC(=O)NC1=O)C2=O. The summed E-state index contributed by atoms with van der Waals surface area (Å²) in [5.74, 6) is -1.92. The summed E-state index contributed by atoms with van der Waals surface area (Å²) in [6, 6.07) is 3.57. The number of amides is 4. The monoisotopic (exact) mass is 300 g/mol. The second kappa shape index (κ2) is 4.50. The van der Waals surface area contributed by atoms with Crippen molar-refractivity contribution in [2.45, 2.75) is 39.2 Å². The van der Waals surface area contributed by atoms with Crippen LogP contribution < -0.4 is 5.32 Å². The molecule has 1 unspecified atom stereocenters. The van der Waals surface area contributed by atoms with Gasteiger partial charge in [-0.15, -0.1) is 0 Å². The van der Waals surface area contributed by atoms with E-state index < -0.39 is 23.3 Å². The van der Waals surface area contributed by atoms with E-state index in [1.54, 1.807) is 26.0 Å². The molecule has 1 fully saturated rings. The number of hydrogen-bond donors (Lipinski definition) is 1. The van der Waals surface area contributed by atoms with E-state index in [0.29, 0.717) is 22.3 Å². The lowest BCUT2D eigenvalue weighted by Gasteiger charge is -2.38. The van der Waals surface area contributed by atoms with E-state index in [4.69, 9.17) is 0 Å². The highest BCUT2D eigenvalue weighted by Crippen LogP contribution is 2.36. The molecule has 4 amide bonds. The Balaban J connectivity index is 2.12. The Hall–Kier alpha value is -2.50. The van der Waals surface area contributed by atoms with Crippen LogP contribution in [0.5, 0.6) is 0 Å². The fourth-order valence-corrected chi connectivity index (χ4v) is 3.13. The van der Waals surface area contributed by atoms with E-state index in [-0.39, 0.29) is 18.7 Å². The molecule has 0 radical (unpaired) electrons. The van der Waals surface area contributed by atoms with Crippen molar-refractivity contribution in [3.05, 3.63) is 34.4 Å². The van der Waals surface area contributed by atoms with Crippen LogP contribution in [0.15, 0.2) is 12.1 Å². The molecule has 2 aliphatic rings. The number of nitrogens with zero attached hydrogens (tertiary/aromatic N) is 1. The molecule has 114 valence electrons. The zero-order valence-corrected chi connectivity index (χ0v) is 12.6. The molecular weight excluding hydrogens is 284 g/mol. The van der Waals surface area contributed by atoms with Crippen LogP contribution in [-0.4, -0.2) is 34.1 Å². The summed E-state index contributed by atoms with van der Waals surface area (Å²) in [5.41, 5.74) is 0.793. The predicted molar refractivity (Wildman–Crippen MR) is 77.2 cm³/mol. The van der Waals surface area contributed by atoms with Gasteiger partial charge in [0.05, 0.1) is 11.1 Å². The molecule has 6 heteroatoms. The number of fused-ring (bicyclic) bond motifs is 1. The van der Waals surface area contributed by atoms with Crippen molar-refractivity contribution in [3.63, 3.8) is 0 Å². The van der Waals surface area contributed by atoms with E-state index in [0.717, 1.165) is 4.90 Å². The normalized spacial score (nSPS) is 24.6. The number of piperidine rings is 1. The number of hydrogen-bond acceptors (Lipinski definition) is 4. The second-order valence-electron chi connectivity index (χ2n) is 6.05. The van der Waals surface area contributed by atoms with Gasteiger partial charge < -0.3 is 0 Å². The van der Waals surface area contributed by atoms with Gasteiger partial charge in [0.1, 0.15) is 5.54 Å². The Morgan fingerprint density at radius 3 is 1.95 bits per heavy atom. The summed E-state index contributed by atoms with van der Waals surface area (Å²) in [4.78, 5) is 50.1. The number of aryl methyl sites for hydroxylation is 2. The van der Waals surface area contributed by atoms with Crippen molar-refractivity contribution in [1.29, 1.82) is 0 Å². The molecule has 0 bridgehead atoms. The zero-order valence-electron chi connectivity index (χ0n) is 12.6. The van der Waals surface area contributed by atoms with Crippen LogP contribution in [-0.2, 0) is 9.59 Å². The third-order valence-corrected chi connectivity index (χ3v) is 4.53. The summed E-state index contributed by atoms with van der Waals surface area (Å²) in [5, 5.41) is 2.22. The summed E-state index contributed by atoms with van der Waals surface area (Å²) in [6.45, 7) is 5.06. The second-order valence-corrected chi connectivity index (χ2v) is 6.05. The summed E-state index contributed by atoms with van der Waals surface area (Å²) in [6.07, 6.45) is 0.245. The molecular formula is C16H16N2O4. The van der Waals surface area contributed by atoms with E-state index in [1.165, 1.54) is 6.92 Å². The third-order valence-electron chi connectivity index (χ3n) is 4.53. The van der Waals surface area contributed by atoms with Gasteiger partial charge in [-0.1, -0.05) is 12.1 Å². The maximum absolute atomic E-state index is 12.8. The third kappa shape index (κ3) is 1.73. The lowest BCUT2D eigenvalue weighted by atomic mass is 9.89. The minimum Gasteiger partial charge on any atom is -0.294 e. The van der Waals surface area contributed by atoms with Crippen LogP contribution in [0.3, 0.4) is 0 Å². The summed E-state index contributed by atoms with van der Waals surface area (Å²) >= 11 is 0. The molecule has 1 N–H and O–H groups in total. The van der Waals surface area contributed by atoms with Gasteiger partial charge in [0.15, 0.2) is 0 Å². The Kier molecular flexibility index (Phi) is 2.95.